The summed E-state index contributed by atoms with van der Waals surface area (Å²) < 4.78 is 13.1. The Bertz CT molecular complexity index is 395. The summed E-state index contributed by atoms with van der Waals surface area (Å²) in [5, 5.41) is 0. The number of rotatable bonds is 5. The van der Waals surface area contributed by atoms with E-state index in [1.807, 2.05) is 6.92 Å². The smallest absolute Gasteiger partial charge is 0.253 e. The van der Waals surface area contributed by atoms with Crippen LogP contribution >= 0.6 is 11.6 Å². The summed E-state index contributed by atoms with van der Waals surface area (Å²) in [5.74, 6) is 0.178. The Kier molecular flexibility index (Phi) is 5.42. The van der Waals surface area contributed by atoms with Crippen LogP contribution in [0.5, 0.6) is 0 Å². The summed E-state index contributed by atoms with van der Waals surface area (Å²) in [5.41, 5.74) is 1.02. The van der Waals surface area contributed by atoms with E-state index in [-0.39, 0.29) is 11.7 Å². The van der Waals surface area contributed by atoms with Crippen LogP contribution in [0.25, 0.3) is 0 Å². The van der Waals surface area contributed by atoms with E-state index in [0.717, 1.165) is 6.42 Å². The summed E-state index contributed by atoms with van der Waals surface area (Å²) in [4.78, 5) is 13.8. The van der Waals surface area contributed by atoms with E-state index in [0.29, 0.717) is 30.1 Å². The molecule has 94 valence electrons. The highest BCUT2D eigenvalue weighted by Crippen LogP contribution is 2.12. The fourth-order valence-electron chi connectivity index (χ4n) is 1.61. The van der Waals surface area contributed by atoms with E-state index in [4.69, 9.17) is 11.6 Å². The molecule has 0 unspecified atom stereocenters. The van der Waals surface area contributed by atoms with Gasteiger partial charge in [-0.05, 0) is 44.0 Å². The van der Waals surface area contributed by atoms with Crippen molar-refractivity contribution < 1.29 is 9.18 Å². The first kappa shape index (κ1) is 14.0. The van der Waals surface area contributed by atoms with Gasteiger partial charge in [-0.25, -0.2) is 4.39 Å². The molecule has 4 heteroatoms. The van der Waals surface area contributed by atoms with Gasteiger partial charge in [0.25, 0.3) is 5.91 Å². The average molecular weight is 258 g/mol. The lowest BCUT2D eigenvalue weighted by Gasteiger charge is -2.20. The van der Waals surface area contributed by atoms with Gasteiger partial charge in [-0.1, -0.05) is 0 Å². The number of carbonyl (C=O) groups excluding carboxylic acids is 1. The predicted octanol–water partition coefficient (Wildman–Crippen LogP) is 3.23. The molecule has 0 aliphatic carbocycles. The molecule has 0 aromatic heterocycles. The predicted molar refractivity (Wildman–Crippen MR) is 68.1 cm³/mol. The third-order valence-electron chi connectivity index (χ3n) is 2.64. The van der Waals surface area contributed by atoms with Gasteiger partial charge < -0.3 is 4.90 Å². The summed E-state index contributed by atoms with van der Waals surface area (Å²) in [6.45, 7) is 4.84. The number of benzene rings is 1. The Morgan fingerprint density at radius 1 is 1.47 bits per heavy atom. The van der Waals surface area contributed by atoms with Crippen LogP contribution in [-0.4, -0.2) is 29.8 Å². The fraction of sp³-hybridized carbons (Fsp3) is 0.462. The highest BCUT2D eigenvalue weighted by molar-refractivity contribution is 6.17. The van der Waals surface area contributed by atoms with Gasteiger partial charge in [0.1, 0.15) is 5.82 Å². The second-order valence-electron chi connectivity index (χ2n) is 3.89. The molecular weight excluding hydrogens is 241 g/mol. The topological polar surface area (TPSA) is 20.3 Å². The molecule has 0 saturated carbocycles. The lowest BCUT2D eigenvalue weighted by Crippen LogP contribution is -2.32. The third-order valence-corrected chi connectivity index (χ3v) is 2.90. The van der Waals surface area contributed by atoms with Crippen molar-refractivity contribution in [2.24, 2.45) is 0 Å². The van der Waals surface area contributed by atoms with Crippen LogP contribution in [0.3, 0.4) is 0 Å². The lowest BCUT2D eigenvalue weighted by molar-refractivity contribution is 0.0764. The summed E-state index contributed by atoms with van der Waals surface area (Å²) in [6.07, 6.45) is 0.765. The van der Waals surface area contributed by atoms with Crippen molar-refractivity contribution in [2.75, 3.05) is 19.0 Å². The molecule has 1 rings (SSSR count). The minimum absolute atomic E-state index is 0.0688. The van der Waals surface area contributed by atoms with Crippen molar-refractivity contribution in [2.45, 2.75) is 20.3 Å². The summed E-state index contributed by atoms with van der Waals surface area (Å²) >= 11 is 5.61. The van der Waals surface area contributed by atoms with E-state index >= 15 is 0 Å². The van der Waals surface area contributed by atoms with Gasteiger partial charge in [0.15, 0.2) is 0 Å². The molecule has 0 aliphatic rings. The second kappa shape index (κ2) is 6.60. The molecule has 0 aliphatic heterocycles. The molecule has 1 aromatic rings. The number of aryl methyl sites for hydroxylation is 1. The van der Waals surface area contributed by atoms with Gasteiger partial charge >= 0.3 is 0 Å². The largest absolute Gasteiger partial charge is 0.339 e. The molecule has 2 nitrogen and oxygen atoms in total. The van der Waals surface area contributed by atoms with Gasteiger partial charge in [-0.3, -0.25) is 4.79 Å². The Labute approximate surface area is 106 Å². The quantitative estimate of drug-likeness (QED) is 0.742. The number of hydrogen-bond acceptors (Lipinski definition) is 1. The fourth-order valence-corrected chi connectivity index (χ4v) is 1.73. The van der Waals surface area contributed by atoms with Crippen LogP contribution in [0.4, 0.5) is 4.39 Å². The lowest BCUT2D eigenvalue weighted by atomic mass is 10.1. The third kappa shape index (κ3) is 3.70. The van der Waals surface area contributed by atoms with Gasteiger partial charge in [-0.2, -0.15) is 0 Å². The van der Waals surface area contributed by atoms with Crippen LogP contribution in [0.2, 0.25) is 0 Å². The molecule has 1 aromatic carbocycles. The van der Waals surface area contributed by atoms with E-state index in [2.05, 4.69) is 0 Å². The molecule has 0 atom stereocenters. The van der Waals surface area contributed by atoms with Gasteiger partial charge in [-0.15, -0.1) is 11.6 Å². The highest BCUT2D eigenvalue weighted by Gasteiger charge is 2.14. The maximum absolute atomic E-state index is 13.1. The van der Waals surface area contributed by atoms with Crippen molar-refractivity contribution >= 4 is 17.5 Å². The van der Waals surface area contributed by atoms with Crippen LogP contribution in [-0.2, 0) is 0 Å². The Hall–Kier alpha value is -1.09. The number of alkyl halides is 1. The molecule has 0 spiro atoms. The van der Waals surface area contributed by atoms with Crippen molar-refractivity contribution in [3.8, 4) is 0 Å². The number of halogens is 2. The Balaban J connectivity index is 2.82. The number of hydrogen-bond donors (Lipinski definition) is 0. The normalized spacial score (nSPS) is 10.4. The number of nitrogens with zero attached hydrogens (tertiary/aromatic N) is 1. The van der Waals surface area contributed by atoms with Crippen LogP contribution in [0.1, 0.15) is 29.3 Å². The van der Waals surface area contributed by atoms with Crippen molar-refractivity contribution in [3.05, 3.63) is 35.1 Å². The monoisotopic (exact) mass is 257 g/mol. The molecule has 17 heavy (non-hydrogen) atoms. The van der Waals surface area contributed by atoms with Gasteiger partial charge in [0.05, 0.1) is 0 Å². The van der Waals surface area contributed by atoms with Crippen LogP contribution in [0, 0.1) is 12.7 Å². The van der Waals surface area contributed by atoms with E-state index in [1.165, 1.54) is 12.1 Å². The molecule has 0 N–H and O–H groups in total. The van der Waals surface area contributed by atoms with Gasteiger partial charge in [0.2, 0.25) is 0 Å². The molecule has 0 heterocycles. The van der Waals surface area contributed by atoms with E-state index < -0.39 is 0 Å². The minimum Gasteiger partial charge on any atom is -0.339 e. The molecular formula is C13H17ClFNO. The van der Waals surface area contributed by atoms with Crippen molar-refractivity contribution in [3.63, 3.8) is 0 Å². The van der Waals surface area contributed by atoms with Crippen LogP contribution in [0.15, 0.2) is 18.2 Å². The first-order valence-electron chi connectivity index (χ1n) is 5.71. The van der Waals surface area contributed by atoms with Crippen molar-refractivity contribution in [1.29, 1.82) is 0 Å². The maximum atomic E-state index is 13.1. The highest BCUT2D eigenvalue weighted by atomic mass is 35.5. The molecule has 0 saturated heterocycles. The SMILES string of the molecule is CCN(CCCCl)C(=O)c1ccc(F)c(C)c1. The molecule has 0 fully saturated rings. The maximum Gasteiger partial charge on any atom is 0.253 e. The van der Waals surface area contributed by atoms with Crippen LogP contribution < -0.4 is 0 Å². The molecule has 0 radical (unpaired) electrons. The second-order valence-corrected chi connectivity index (χ2v) is 4.27. The Morgan fingerprint density at radius 2 is 2.18 bits per heavy atom. The van der Waals surface area contributed by atoms with Crippen molar-refractivity contribution in [1.82, 2.24) is 4.90 Å². The average Bonchev–Trinajstić information content (AvgIpc) is 2.33. The minimum atomic E-state index is -0.287. The first-order chi connectivity index (χ1) is 8.10. The van der Waals surface area contributed by atoms with Gasteiger partial charge in [0, 0.05) is 24.5 Å². The standard InChI is InChI=1S/C13H17ClFNO/c1-3-16(8-4-7-14)13(17)11-5-6-12(15)10(2)9-11/h5-6,9H,3-4,7-8H2,1-2H3. The zero-order chi connectivity index (χ0) is 12.8. The molecule has 0 bridgehead atoms. The summed E-state index contributed by atoms with van der Waals surface area (Å²) in [6, 6.07) is 4.44. The molecule has 1 amide bonds. The zero-order valence-corrected chi connectivity index (χ0v) is 10.9. The number of amides is 1. The number of carbonyl (C=O) groups is 1. The zero-order valence-electron chi connectivity index (χ0n) is 10.2. The first-order valence-corrected chi connectivity index (χ1v) is 6.25. The van der Waals surface area contributed by atoms with E-state index in [1.54, 1.807) is 17.9 Å². The van der Waals surface area contributed by atoms with E-state index in [9.17, 15) is 9.18 Å². The Morgan fingerprint density at radius 3 is 2.71 bits per heavy atom. The summed E-state index contributed by atoms with van der Waals surface area (Å²) in [7, 11) is 0.